The Bertz CT molecular complexity index is 1670. The van der Waals surface area contributed by atoms with Gasteiger partial charge < -0.3 is 15.2 Å². The van der Waals surface area contributed by atoms with E-state index in [0.29, 0.717) is 44.4 Å². The first-order valence-corrected chi connectivity index (χ1v) is 12.8. The van der Waals surface area contributed by atoms with Crippen LogP contribution in [0.1, 0.15) is 21.6 Å². The number of nitrogen functional groups attached to an aromatic ring is 1. The summed E-state index contributed by atoms with van der Waals surface area (Å²) in [7, 11) is 1.53. The van der Waals surface area contributed by atoms with E-state index in [0.717, 1.165) is 5.56 Å². The second-order valence-electron chi connectivity index (χ2n) is 8.19. The molecule has 12 nitrogen and oxygen atoms in total. The summed E-state index contributed by atoms with van der Waals surface area (Å²) in [6.07, 6.45) is 1.46. The molecule has 3 N–H and O–H groups in total. The second kappa shape index (κ2) is 12.0. The third-order valence-corrected chi connectivity index (χ3v) is 6.40. The van der Waals surface area contributed by atoms with Gasteiger partial charge in [0.15, 0.2) is 17.2 Å². The minimum atomic E-state index is -0.606. The fraction of sp³-hybridized carbons (Fsp3) is 0.0769. The molecule has 0 saturated carbocycles. The SMILES string of the molecule is COc1cc(/C=N/NC(=O)c2nnn(-c3nonc3N)c2-c2ccccc2)cc(Br)c1OCc1ccc(Cl)cc1. The van der Waals surface area contributed by atoms with Gasteiger partial charge in [0, 0.05) is 10.6 Å². The number of hydrogen-bond acceptors (Lipinski definition) is 10. The lowest BCUT2D eigenvalue weighted by Gasteiger charge is -2.13. The van der Waals surface area contributed by atoms with E-state index in [1.165, 1.54) is 18.0 Å². The average molecular weight is 624 g/mol. The minimum absolute atomic E-state index is 0.00421. The topological polar surface area (TPSA) is 156 Å². The zero-order valence-electron chi connectivity index (χ0n) is 20.8. The Kier molecular flexibility index (Phi) is 8.03. The number of nitrogens with zero attached hydrogens (tertiary/aromatic N) is 6. The molecule has 0 aliphatic rings. The van der Waals surface area contributed by atoms with Gasteiger partial charge in [-0.25, -0.2) is 10.1 Å². The van der Waals surface area contributed by atoms with Gasteiger partial charge in [-0.05, 0) is 61.6 Å². The van der Waals surface area contributed by atoms with Crippen LogP contribution < -0.4 is 20.6 Å². The quantitative estimate of drug-likeness (QED) is 0.176. The van der Waals surface area contributed by atoms with Crippen molar-refractivity contribution >= 4 is 45.5 Å². The van der Waals surface area contributed by atoms with Crippen molar-refractivity contribution in [1.29, 1.82) is 0 Å². The van der Waals surface area contributed by atoms with Crippen LogP contribution in [0.5, 0.6) is 11.5 Å². The molecule has 14 heteroatoms. The summed E-state index contributed by atoms with van der Waals surface area (Å²) >= 11 is 9.47. The monoisotopic (exact) mass is 622 g/mol. The largest absolute Gasteiger partial charge is 0.493 e. The maximum atomic E-state index is 13.1. The normalized spacial score (nSPS) is 11.1. The van der Waals surface area contributed by atoms with Gasteiger partial charge in [-0.2, -0.15) is 9.78 Å². The molecule has 0 unspecified atom stereocenters. The molecular weight excluding hydrogens is 604 g/mol. The summed E-state index contributed by atoms with van der Waals surface area (Å²) in [4.78, 5) is 13.1. The van der Waals surface area contributed by atoms with Crippen molar-refractivity contribution < 1.29 is 18.9 Å². The number of nitrogens with two attached hydrogens (primary N) is 1. The predicted octanol–water partition coefficient (Wildman–Crippen LogP) is 4.67. The molecule has 1 amide bonds. The number of aromatic nitrogens is 5. The maximum Gasteiger partial charge on any atom is 0.294 e. The number of carbonyl (C=O) groups is 1. The van der Waals surface area contributed by atoms with Gasteiger partial charge >= 0.3 is 0 Å². The molecule has 5 aromatic rings. The number of benzene rings is 3. The van der Waals surface area contributed by atoms with Gasteiger partial charge in [0.05, 0.1) is 17.8 Å². The molecule has 2 aromatic heterocycles. The average Bonchev–Trinajstić information content (AvgIpc) is 3.59. The van der Waals surface area contributed by atoms with Gasteiger partial charge in [-0.3, -0.25) is 4.79 Å². The Morgan fingerprint density at radius 3 is 2.65 bits per heavy atom. The van der Waals surface area contributed by atoms with Crippen molar-refractivity contribution in [2.24, 2.45) is 5.10 Å². The van der Waals surface area contributed by atoms with E-state index in [1.54, 1.807) is 36.4 Å². The van der Waals surface area contributed by atoms with E-state index in [1.807, 2.05) is 30.3 Å². The van der Waals surface area contributed by atoms with Gasteiger partial charge in [0.2, 0.25) is 11.6 Å². The first kappa shape index (κ1) is 26.8. The number of ether oxygens (including phenoxy) is 2. The molecule has 0 fully saturated rings. The van der Waals surface area contributed by atoms with Crippen LogP contribution in [0.25, 0.3) is 17.1 Å². The fourth-order valence-corrected chi connectivity index (χ4v) is 4.38. The highest BCUT2D eigenvalue weighted by Crippen LogP contribution is 2.37. The van der Waals surface area contributed by atoms with Gasteiger partial charge in [-0.1, -0.05) is 59.3 Å². The van der Waals surface area contributed by atoms with Crippen LogP contribution in [0.2, 0.25) is 5.02 Å². The van der Waals surface area contributed by atoms with Crippen LogP contribution >= 0.6 is 27.5 Å². The molecule has 2 heterocycles. The molecule has 0 aliphatic carbocycles. The molecule has 5 rings (SSSR count). The summed E-state index contributed by atoms with van der Waals surface area (Å²) in [6.45, 7) is 0.316. The maximum absolute atomic E-state index is 13.1. The Hall–Kier alpha value is -4.75. The van der Waals surface area contributed by atoms with Crippen molar-refractivity contribution in [3.63, 3.8) is 0 Å². The van der Waals surface area contributed by atoms with E-state index >= 15 is 0 Å². The van der Waals surface area contributed by atoms with Crippen LogP contribution in [0.3, 0.4) is 0 Å². The zero-order valence-corrected chi connectivity index (χ0v) is 23.1. The number of hydrogen-bond donors (Lipinski definition) is 2. The van der Waals surface area contributed by atoms with E-state index in [4.69, 9.17) is 26.8 Å². The number of rotatable bonds is 9. The standard InChI is InChI=1S/C26H20BrClN8O4/c1-38-20-12-16(11-19(27)23(20)39-14-15-7-9-18(28)10-8-15)13-30-32-26(37)21-22(17-5-3-2-4-6-17)36(35-31-21)25-24(29)33-40-34-25/h2-13H,14H2,1H3,(H2,29,33)(H,32,37)/b30-13+. The third kappa shape index (κ3) is 5.80. The van der Waals surface area contributed by atoms with Crippen molar-refractivity contribution in [2.45, 2.75) is 6.61 Å². The number of anilines is 1. The molecule has 3 aromatic carbocycles. The predicted molar refractivity (Wildman–Crippen MR) is 151 cm³/mol. The van der Waals surface area contributed by atoms with Crippen LogP contribution in [0, 0.1) is 0 Å². The highest BCUT2D eigenvalue weighted by atomic mass is 79.9. The van der Waals surface area contributed by atoms with Crippen LogP contribution in [-0.2, 0) is 6.61 Å². The molecule has 0 radical (unpaired) electrons. The van der Waals surface area contributed by atoms with Crippen molar-refractivity contribution in [3.05, 3.63) is 93.0 Å². The third-order valence-electron chi connectivity index (χ3n) is 5.56. The van der Waals surface area contributed by atoms with Gasteiger partial charge in [0.1, 0.15) is 12.3 Å². The van der Waals surface area contributed by atoms with E-state index in [2.05, 4.69) is 51.7 Å². The number of carbonyl (C=O) groups excluding carboxylic acids is 1. The molecule has 0 atom stereocenters. The Morgan fingerprint density at radius 1 is 1.18 bits per heavy atom. The van der Waals surface area contributed by atoms with E-state index in [9.17, 15) is 4.79 Å². The number of nitrogens with one attached hydrogen (secondary N) is 1. The summed E-state index contributed by atoms with van der Waals surface area (Å²) in [6, 6.07) is 19.9. The second-order valence-corrected chi connectivity index (χ2v) is 9.48. The number of hydrazone groups is 1. The number of amides is 1. The summed E-state index contributed by atoms with van der Waals surface area (Å²) < 4.78 is 18.1. The molecule has 0 saturated heterocycles. The van der Waals surface area contributed by atoms with Crippen molar-refractivity contribution in [1.82, 2.24) is 30.7 Å². The molecule has 0 aliphatic heterocycles. The Labute approximate surface area is 240 Å². The number of methoxy groups -OCH3 is 1. The summed E-state index contributed by atoms with van der Waals surface area (Å²) in [5.41, 5.74) is 10.9. The van der Waals surface area contributed by atoms with Gasteiger partial charge in [-0.15, -0.1) is 5.10 Å². The highest BCUT2D eigenvalue weighted by molar-refractivity contribution is 9.10. The van der Waals surface area contributed by atoms with Crippen LogP contribution in [0.15, 0.2) is 80.9 Å². The first-order valence-electron chi connectivity index (χ1n) is 11.6. The Balaban J connectivity index is 1.34. The summed E-state index contributed by atoms with van der Waals surface area (Å²) in [5.74, 6) is 0.482. The Morgan fingerprint density at radius 2 is 1.95 bits per heavy atom. The fourth-order valence-electron chi connectivity index (χ4n) is 3.68. The molecular formula is C26H20BrClN8O4. The lowest BCUT2D eigenvalue weighted by molar-refractivity contribution is 0.0950. The summed E-state index contributed by atoms with van der Waals surface area (Å²) in [5, 5.41) is 20.1. The lowest BCUT2D eigenvalue weighted by atomic mass is 10.1. The molecule has 40 heavy (non-hydrogen) atoms. The van der Waals surface area contributed by atoms with Crippen LogP contribution in [-0.4, -0.2) is 44.5 Å². The minimum Gasteiger partial charge on any atom is -0.493 e. The van der Waals surface area contributed by atoms with Gasteiger partial charge in [0.25, 0.3) is 5.91 Å². The van der Waals surface area contributed by atoms with E-state index in [-0.39, 0.29) is 17.3 Å². The molecule has 0 spiro atoms. The number of halogens is 2. The van der Waals surface area contributed by atoms with Crippen molar-refractivity contribution in [3.8, 4) is 28.6 Å². The highest BCUT2D eigenvalue weighted by Gasteiger charge is 2.25. The first-order chi connectivity index (χ1) is 19.4. The zero-order chi connectivity index (χ0) is 28.1. The van der Waals surface area contributed by atoms with E-state index < -0.39 is 5.91 Å². The van der Waals surface area contributed by atoms with Crippen LogP contribution in [0.4, 0.5) is 5.82 Å². The molecule has 0 bridgehead atoms. The lowest BCUT2D eigenvalue weighted by Crippen LogP contribution is -2.19. The smallest absolute Gasteiger partial charge is 0.294 e. The molecule has 202 valence electrons. The van der Waals surface area contributed by atoms with Crippen molar-refractivity contribution in [2.75, 3.05) is 12.8 Å².